The van der Waals surface area contributed by atoms with Gasteiger partial charge in [-0.05, 0) is 69.6 Å². The van der Waals surface area contributed by atoms with E-state index in [0.29, 0.717) is 12.2 Å². The van der Waals surface area contributed by atoms with Gasteiger partial charge in [-0.2, -0.15) is 0 Å². The standard InChI is InChI=1S/C23H41N3O/c1-22-9-3-5-17-12-23(27-22,13-19(24)21(17)22)18-6-2-4-15(11-18)10-16-7-8-20(25)26-14-16/h15-21,26H,2-14,24-25H2,1H3/p+2. The number of quaternary nitrogens is 2. The predicted octanol–water partition coefficient (Wildman–Crippen LogP) is 1.79. The van der Waals surface area contributed by atoms with Crippen LogP contribution in [0.3, 0.4) is 0 Å². The predicted molar refractivity (Wildman–Crippen MR) is 107 cm³/mol. The van der Waals surface area contributed by atoms with Crippen molar-refractivity contribution in [1.29, 1.82) is 0 Å². The second kappa shape index (κ2) is 6.97. The maximum absolute atomic E-state index is 7.13. The third-order valence-electron chi connectivity index (χ3n) is 9.49. The quantitative estimate of drug-likeness (QED) is 0.701. The maximum atomic E-state index is 7.13. The van der Waals surface area contributed by atoms with Crippen LogP contribution < -0.4 is 16.8 Å². The fourth-order valence-electron chi connectivity index (χ4n) is 8.55. The van der Waals surface area contributed by atoms with Crippen LogP contribution >= 0.6 is 0 Å². The van der Waals surface area contributed by atoms with E-state index >= 15 is 0 Å². The Morgan fingerprint density at radius 2 is 1.96 bits per heavy atom. The molecule has 7 N–H and O–H groups in total. The van der Waals surface area contributed by atoms with Crippen molar-refractivity contribution in [2.45, 2.75) is 107 Å². The second-order valence-corrected chi connectivity index (χ2v) is 11.4. The van der Waals surface area contributed by atoms with E-state index in [-0.39, 0.29) is 11.2 Å². The van der Waals surface area contributed by atoms with Gasteiger partial charge in [0, 0.05) is 24.7 Å². The summed E-state index contributed by atoms with van der Waals surface area (Å²) in [4.78, 5) is 0. The van der Waals surface area contributed by atoms with Crippen LogP contribution in [0.25, 0.3) is 0 Å². The molecule has 3 aliphatic carbocycles. The van der Waals surface area contributed by atoms with Crippen LogP contribution in [0, 0.1) is 29.6 Å². The molecule has 0 aromatic carbocycles. The van der Waals surface area contributed by atoms with Gasteiger partial charge >= 0.3 is 0 Å². The molecule has 3 saturated carbocycles. The number of nitrogens with two attached hydrogens (primary N) is 2. The van der Waals surface area contributed by atoms with Crippen molar-refractivity contribution in [1.82, 2.24) is 0 Å². The molecule has 9 unspecified atom stereocenters. The smallest absolute Gasteiger partial charge is 0.137 e. The highest BCUT2D eigenvalue weighted by atomic mass is 16.5. The normalized spacial score (nSPS) is 55.4. The molecule has 6 rings (SSSR count). The van der Waals surface area contributed by atoms with Gasteiger partial charge in [0.05, 0.1) is 23.8 Å². The van der Waals surface area contributed by atoms with E-state index in [2.05, 4.69) is 18.0 Å². The van der Waals surface area contributed by atoms with Gasteiger partial charge in [-0.3, -0.25) is 5.73 Å². The number of fused-ring (bicyclic) bond motifs is 1. The van der Waals surface area contributed by atoms with Crippen molar-refractivity contribution in [3.05, 3.63) is 0 Å². The lowest BCUT2D eigenvalue weighted by Crippen LogP contribution is -2.95. The number of hydrogen-bond acceptors (Lipinski definition) is 2. The molecular weight excluding hydrogens is 334 g/mol. The summed E-state index contributed by atoms with van der Waals surface area (Å²) in [5.74, 6) is 4.23. The molecule has 9 atom stereocenters. The van der Waals surface area contributed by atoms with Crippen LogP contribution in [0.1, 0.15) is 84.0 Å². The minimum Gasteiger partial charge on any atom is -0.368 e. The molecule has 3 heterocycles. The summed E-state index contributed by atoms with van der Waals surface area (Å²) in [7, 11) is 0. The molecule has 0 spiro atoms. The van der Waals surface area contributed by atoms with Crippen molar-refractivity contribution in [2.24, 2.45) is 35.3 Å². The number of piperidine rings is 1. The molecular formula is C23H43N3O+2. The third-order valence-corrected chi connectivity index (χ3v) is 9.49. The van der Waals surface area contributed by atoms with Gasteiger partial charge in [-0.25, -0.2) is 0 Å². The molecule has 154 valence electrons. The zero-order valence-electron chi connectivity index (χ0n) is 17.5. The number of hydrogen-bond donors (Lipinski definition) is 3. The lowest BCUT2D eigenvalue weighted by Gasteiger charge is -2.65. The van der Waals surface area contributed by atoms with Gasteiger partial charge in [-0.15, -0.1) is 0 Å². The SMILES string of the molecule is CC12CCCC3CC(C4CCCC(CC5CCC(N)[NH2+]C5)C4)(CC([NH3+])C31)O2. The van der Waals surface area contributed by atoms with E-state index in [9.17, 15) is 0 Å². The minimum absolute atomic E-state index is 0.132. The van der Waals surface area contributed by atoms with Crippen molar-refractivity contribution in [2.75, 3.05) is 6.54 Å². The van der Waals surface area contributed by atoms with E-state index in [0.717, 1.165) is 29.6 Å². The molecule has 0 radical (unpaired) electrons. The van der Waals surface area contributed by atoms with E-state index in [1.54, 1.807) is 0 Å². The van der Waals surface area contributed by atoms with E-state index in [1.165, 1.54) is 83.6 Å². The highest BCUT2D eigenvalue weighted by molar-refractivity contribution is 5.13. The van der Waals surface area contributed by atoms with E-state index < -0.39 is 0 Å². The average molecular weight is 378 g/mol. The molecule has 27 heavy (non-hydrogen) atoms. The van der Waals surface area contributed by atoms with Crippen LogP contribution in [0.5, 0.6) is 0 Å². The van der Waals surface area contributed by atoms with Crippen LogP contribution in [0.15, 0.2) is 0 Å². The Labute approximate surface area is 165 Å². The van der Waals surface area contributed by atoms with Crippen molar-refractivity contribution < 1.29 is 15.8 Å². The molecule has 4 nitrogen and oxygen atoms in total. The second-order valence-electron chi connectivity index (χ2n) is 11.4. The first-order valence-electron chi connectivity index (χ1n) is 12.1. The van der Waals surface area contributed by atoms with Gasteiger partial charge < -0.3 is 15.8 Å². The molecule has 0 aromatic heterocycles. The minimum atomic E-state index is 0.132. The van der Waals surface area contributed by atoms with Crippen LogP contribution in [0.2, 0.25) is 0 Å². The van der Waals surface area contributed by atoms with Gasteiger partial charge in [0.2, 0.25) is 0 Å². The van der Waals surface area contributed by atoms with E-state index in [4.69, 9.17) is 10.5 Å². The highest BCUT2D eigenvalue weighted by Gasteiger charge is 2.65. The topological polar surface area (TPSA) is 79.5 Å². The first-order valence-corrected chi connectivity index (χ1v) is 12.1. The van der Waals surface area contributed by atoms with Crippen molar-refractivity contribution >= 4 is 0 Å². The Morgan fingerprint density at radius 3 is 2.74 bits per heavy atom. The number of rotatable bonds is 3. The van der Waals surface area contributed by atoms with E-state index in [1.807, 2.05) is 0 Å². The monoisotopic (exact) mass is 377 g/mol. The summed E-state index contributed by atoms with van der Waals surface area (Å²) < 4.78 is 7.13. The van der Waals surface area contributed by atoms with Gasteiger partial charge in [0.1, 0.15) is 6.17 Å². The van der Waals surface area contributed by atoms with Gasteiger partial charge in [-0.1, -0.05) is 19.3 Å². The molecule has 6 aliphatic rings. The zero-order valence-corrected chi connectivity index (χ0v) is 17.5. The molecule has 4 heteroatoms. The van der Waals surface area contributed by atoms with Crippen LogP contribution in [-0.4, -0.2) is 30.0 Å². The summed E-state index contributed by atoms with van der Waals surface area (Å²) in [6.45, 7) is 3.70. The first kappa shape index (κ1) is 18.8. The highest BCUT2D eigenvalue weighted by Crippen LogP contribution is 2.61. The Kier molecular flexibility index (Phi) is 4.86. The zero-order chi connectivity index (χ0) is 18.6. The summed E-state index contributed by atoms with van der Waals surface area (Å²) in [6, 6.07) is 0.623. The Balaban J connectivity index is 1.29. The largest absolute Gasteiger partial charge is 0.368 e. The van der Waals surface area contributed by atoms with Gasteiger partial charge in [0.15, 0.2) is 0 Å². The molecule has 3 aliphatic heterocycles. The van der Waals surface area contributed by atoms with Crippen molar-refractivity contribution in [3.8, 4) is 0 Å². The molecule has 0 aromatic rings. The summed E-state index contributed by atoms with van der Waals surface area (Å²) in [5.41, 5.74) is 11.1. The van der Waals surface area contributed by atoms with Crippen LogP contribution in [-0.2, 0) is 4.74 Å². The Bertz CT molecular complexity index is 548. The summed E-state index contributed by atoms with van der Waals surface area (Å²) >= 11 is 0. The Hall–Kier alpha value is -0.160. The fraction of sp³-hybridized carbons (Fsp3) is 1.00. The lowest BCUT2D eigenvalue weighted by molar-refractivity contribution is -0.703. The van der Waals surface area contributed by atoms with Crippen molar-refractivity contribution in [3.63, 3.8) is 0 Å². The van der Waals surface area contributed by atoms with Gasteiger partial charge in [0.25, 0.3) is 0 Å². The molecule has 3 saturated heterocycles. The summed E-state index contributed by atoms with van der Waals surface area (Å²) in [6.07, 6.45) is 16.7. The third kappa shape index (κ3) is 3.29. The average Bonchev–Trinajstić information content (AvgIpc) is 2.63. The number of ether oxygens (including phenoxy) is 1. The molecule has 4 bridgehead atoms. The lowest BCUT2D eigenvalue weighted by atomic mass is 9.51. The summed E-state index contributed by atoms with van der Waals surface area (Å²) in [5, 5.41) is 2.38. The first-order chi connectivity index (χ1) is 13.0. The Morgan fingerprint density at radius 1 is 1.07 bits per heavy atom. The molecule has 0 amide bonds. The van der Waals surface area contributed by atoms with Crippen LogP contribution in [0.4, 0.5) is 0 Å². The maximum Gasteiger partial charge on any atom is 0.137 e. The molecule has 6 fully saturated rings. The fourth-order valence-corrected chi connectivity index (χ4v) is 8.55.